The minimum absolute atomic E-state index is 0.0484. The lowest BCUT2D eigenvalue weighted by Crippen LogP contribution is -2.15. The second-order valence-electron chi connectivity index (χ2n) is 6.72. The van der Waals surface area contributed by atoms with E-state index in [1.54, 1.807) is 26.0 Å². The highest BCUT2D eigenvalue weighted by molar-refractivity contribution is 7.92. The predicted molar refractivity (Wildman–Crippen MR) is 114 cm³/mol. The third-order valence-electron chi connectivity index (χ3n) is 4.58. The number of nitrogens with one attached hydrogen (secondary N) is 1. The Morgan fingerprint density at radius 1 is 0.900 bits per heavy atom. The molecule has 0 fully saturated rings. The lowest BCUT2D eigenvalue weighted by atomic mass is 9.99. The average Bonchev–Trinajstić information content (AvgIpc) is 2.73. The summed E-state index contributed by atoms with van der Waals surface area (Å²) in [6, 6.07) is 10.6. The van der Waals surface area contributed by atoms with E-state index in [-0.39, 0.29) is 34.9 Å². The van der Waals surface area contributed by atoms with Crippen molar-refractivity contribution >= 4 is 27.6 Å². The zero-order valence-corrected chi connectivity index (χ0v) is 18.4. The molecule has 0 heterocycles. The van der Waals surface area contributed by atoms with E-state index in [2.05, 4.69) is 18.6 Å². The van der Waals surface area contributed by atoms with Crippen molar-refractivity contribution in [1.82, 2.24) is 0 Å². The lowest BCUT2D eigenvalue weighted by molar-refractivity contribution is 0.0525. The third-order valence-corrected chi connectivity index (χ3v) is 5.98. The number of carbonyl (C=O) groups is 2. The second kappa shape index (κ2) is 10.2. The van der Waals surface area contributed by atoms with E-state index in [0.717, 1.165) is 12.0 Å². The Labute approximate surface area is 177 Å². The van der Waals surface area contributed by atoms with E-state index in [1.807, 2.05) is 0 Å². The summed E-state index contributed by atoms with van der Waals surface area (Å²) in [5, 5.41) is 0. The molecule has 0 amide bonds. The Hall–Kier alpha value is -2.87. The molecule has 30 heavy (non-hydrogen) atoms. The molecular weight excluding hydrogens is 406 g/mol. The molecule has 0 spiro atoms. The summed E-state index contributed by atoms with van der Waals surface area (Å²) in [6.07, 6.45) is 0.946. The molecule has 8 heteroatoms. The van der Waals surface area contributed by atoms with Crippen LogP contribution < -0.4 is 4.72 Å². The van der Waals surface area contributed by atoms with Crippen LogP contribution in [0, 0.1) is 0 Å². The molecule has 0 aromatic heterocycles. The molecule has 0 aliphatic heterocycles. The first-order chi connectivity index (χ1) is 14.2. The van der Waals surface area contributed by atoms with Crippen LogP contribution >= 0.6 is 0 Å². The van der Waals surface area contributed by atoms with Gasteiger partial charge in [-0.25, -0.2) is 18.0 Å². The Kier molecular flexibility index (Phi) is 8.00. The van der Waals surface area contributed by atoms with Gasteiger partial charge in [0.25, 0.3) is 10.0 Å². The molecule has 0 saturated heterocycles. The van der Waals surface area contributed by atoms with Crippen molar-refractivity contribution in [2.24, 2.45) is 0 Å². The van der Waals surface area contributed by atoms with Crippen molar-refractivity contribution in [2.45, 2.75) is 44.9 Å². The number of benzene rings is 2. The van der Waals surface area contributed by atoms with Crippen LogP contribution in [0.5, 0.6) is 0 Å². The van der Waals surface area contributed by atoms with E-state index >= 15 is 0 Å². The van der Waals surface area contributed by atoms with E-state index in [1.165, 1.54) is 30.3 Å². The monoisotopic (exact) mass is 433 g/mol. The molecule has 2 rings (SSSR count). The minimum atomic E-state index is -3.93. The zero-order chi connectivity index (χ0) is 22.3. The highest BCUT2D eigenvalue weighted by Crippen LogP contribution is 2.23. The molecule has 2 aromatic carbocycles. The minimum Gasteiger partial charge on any atom is -0.462 e. The van der Waals surface area contributed by atoms with Crippen LogP contribution in [-0.2, 0) is 19.5 Å². The SMILES string of the molecule is CCOC(=O)c1cc(NS(=O)(=O)c2ccc(C(C)CC)cc2)cc(C(=O)OCC)c1. The molecule has 0 saturated carbocycles. The molecule has 1 unspecified atom stereocenters. The summed E-state index contributed by atoms with van der Waals surface area (Å²) in [6.45, 7) is 7.73. The fourth-order valence-electron chi connectivity index (χ4n) is 2.78. The smallest absolute Gasteiger partial charge is 0.338 e. The van der Waals surface area contributed by atoms with Gasteiger partial charge in [0.05, 0.1) is 34.9 Å². The summed E-state index contributed by atoms with van der Waals surface area (Å²) in [5.74, 6) is -1.01. The molecule has 162 valence electrons. The Bertz CT molecular complexity index is 963. The van der Waals surface area contributed by atoms with Crippen molar-refractivity contribution in [3.05, 3.63) is 59.2 Å². The molecular formula is C22H27NO6S. The van der Waals surface area contributed by atoms with Gasteiger partial charge >= 0.3 is 11.9 Å². The largest absolute Gasteiger partial charge is 0.462 e. The van der Waals surface area contributed by atoms with E-state index < -0.39 is 22.0 Å². The molecule has 0 bridgehead atoms. The van der Waals surface area contributed by atoms with Gasteiger partial charge in [-0.3, -0.25) is 4.72 Å². The highest BCUT2D eigenvalue weighted by Gasteiger charge is 2.19. The van der Waals surface area contributed by atoms with Crippen LogP contribution in [0.4, 0.5) is 5.69 Å². The number of ether oxygens (including phenoxy) is 2. The number of esters is 2. The van der Waals surface area contributed by atoms with Gasteiger partial charge in [0.15, 0.2) is 0 Å². The average molecular weight is 434 g/mol. The fourth-order valence-corrected chi connectivity index (χ4v) is 3.82. The second-order valence-corrected chi connectivity index (χ2v) is 8.41. The van der Waals surface area contributed by atoms with E-state index in [0.29, 0.717) is 5.92 Å². The zero-order valence-electron chi connectivity index (χ0n) is 17.6. The van der Waals surface area contributed by atoms with Gasteiger partial charge in [0.2, 0.25) is 0 Å². The van der Waals surface area contributed by atoms with Crippen LogP contribution in [-0.4, -0.2) is 33.6 Å². The van der Waals surface area contributed by atoms with Crippen LogP contribution in [0.3, 0.4) is 0 Å². The molecule has 1 N–H and O–H groups in total. The Morgan fingerprint density at radius 2 is 1.40 bits per heavy atom. The number of anilines is 1. The van der Waals surface area contributed by atoms with Crippen molar-refractivity contribution < 1.29 is 27.5 Å². The predicted octanol–water partition coefficient (Wildman–Crippen LogP) is 4.35. The molecule has 7 nitrogen and oxygen atoms in total. The van der Waals surface area contributed by atoms with Crippen LogP contribution in [0.15, 0.2) is 47.4 Å². The number of rotatable bonds is 9. The number of carbonyl (C=O) groups excluding carboxylic acids is 2. The first-order valence-electron chi connectivity index (χ1n) is 9.83. The summed E-state index contributed by atoms with van der Waals surface area (Å²) in [4.78, 5) is 24.4. The molecule has 0 aliphatic carbocycles. The topological polar surface area (TPSA) is 98.8 Å². The van der Waals surface area contributed by atoms with Crippen molar-refractivity contribution in [3.8, 4) is 0 Å². The van der Waals surface area contributed by atoms with Crippen LogP contribution in [0.25, 0.3) is 0 Å². The van der Waals surface area contributed by atoms with Gasteiger partial charge in [-0.15, -0.1) is 0 Å². The first-order valence-corrected chi connectivity index (χ1v) is 11.3. The molecule has 0 aliphatic rings. The van der Waals surface area contributed by atoms with E-state index in [9.17, 15) is 18.0 Å². The fraction of sp³-hybridized carbons (Fsp3) is 0.364. The molecule has 2 aromatic rings. The van der Waals surface area contributed by atoms with Crippen molar-refractivity contribution in [3.63, 3.8) is 0 Å². The maximum atomic E-state index is 12.8. The van der Waals surface area contributed by atoms with Crippen LogP contribution in [0.2, 0.25) is 0 Å². The molecule has 0 radical (unpaired) electrons. The quantitative estimate of drug-likeness (QED) is 0.590. The molecule has 1 atom stereocenters. The van der Waals surface area contributed by atoms with Gasteiger partial charge < -0.3 is 9.47 Å². The first kappa shape index (κ1) is 23.4. The maximum absolute atomic E-state index is 12.8. The third kappa shape index (κ3) is 5.82. The van der Waals surface area contributed by atoms with Gasteiger partial charge in [-0.2, -0.15) is 0 Å². The maximum Gasteiger partial charge on any atom is 0.338 e. The number of hydrogen-bond acceptors (Lipinski definition) is 6. The Balaban J connectivity index is 2.39. The van der Waals surface area contributed by atoms with Crippen molar-refractivity contribution in [2.75, 3.05) is 17.9 Å². The lowest BCUT2D eigenvalue weighted by Gasteiger charge is -2.13. The normalized spacial score (nSPS) is 12.1. The van der Waals surface area contributed by atoms with E-state index in [4.69, 9.17) is 9.47 Å². The highest BCUT2D eigenvalue weighted by atomic mass is 32.2. The number of hydrogen-bond donors (Lipinski definition) is 1. The van der Waals surface area contributed by atoms with Gasteiger partial charge in [-0.05, 0) is 62.1 Å². The summed E-state index contributed by atoms with van der Waals surface area (Å²) >= 11 is 0. The standard InChI is InChI=1S/C22H27NO6S/c1-5-15(4)16-8-10-20(11-9-16)30(26,27)23-19-13-17(21(24)28-6-2)12-18(14-19)22(25)29-7-3/h8-15,23H,5-7H2,1-4H3. The van der Waals surface area contributed by atoms with Crippen LogP contribution in [0.1, 0.15) is 66.3 Å². The number of sulfonamides is 1. The Morgan fingerprint density at radius 3 is 1.83 bits per heavy atom. The summed E-state index contributed by atoms with van der Waals surface area (Å²) < 4.78 is 38.0. The van der Waals surface area contributed by atoms with Gasteiger partial charge in [-0.1, -0.05) is 26.0 Å². The van der Waals surface area contributed by atoms with Gasteiger partial charge in [0.1, 0.15) is 0 Å². The summed E-state index contributed by atoms with van der Waals surface area (Å²) in [7, 11) is -3.93. The van der Waals surface area contributed by atoms with Gasteiger partial charge in [0, 0.05) is 0 Å². The summed E-state index contributed by atoms with van der Waals surface area (Å²) in [5.41, 5.74) is 1.21. The van der Waals surface area contributed by atoms with Crippen molar-refractivity contribution in [1.29, 1.82) is 0 Å².